The molecule has 17 heavy (non-hydrogen) atoms. The van der Waals surface area contributed by atoms with Crippen LogP contribution in [0.3, 0.4) is 0 Å². The summed E-state index contributed by atoms with van der Waals surface area (Å²) in [5, 5.41) is 3.26. The first-order valence-corrected chi connectivity index (χ1v) is 6.25. The summed E-state index contributed by atoms with van der Waals surface area (Å²) in [7, 11) is 0. The van der Waals surface area contributed by atoms with Crippen LogP contribution in [-0.2, 0) is 11.3 Å². The Bertz CT molecular complexity index is 343. The van der Waals surface area contributed by atoms with Crippen molar-refractivity contribution in [2.45, 2.75) is 32.4 Å². The van der Waals surface area contributed by atoms with Crippen molar-refractivity contribution in [2.24, 2.45) is 0 Å². The van der Waals surface area contributed by atoms with E-state index in [9.17, 15) is 4.79 Å². The summed E-state index contributed by atoms with van der Waals surface area (Å²) in [5.74, 6) is 0.230. The quantitative estimate of drug-likeness (QED) is 0.809. The second-order valence-corrected chi connectivity index (χ2v) is 4.51. The molecule has 2 heterocycles. The number of likely N-dealkylation sites (tertiary alicyclic amines) is 1. The number of hydrogen-bond donors (Lipinski definition) is 1. The smallest absolute Gasteiger partial charge is 0.239 e. The molecule has 1 aliphatic rings. The lowest BCUT2D eigenvalue weighted by atomic mass is 10.3. The lowest BCUT2D eigenvalue weighted by Crippen LogP contribution is -2.44. The van der Waals surface area contributed by atoms with Crippen molar-refractivity contribution in [3.05, 3.63) is 18.7 Å². The highest BCUT2D eigenvalue weighted by atomic mass is 16.2. The molecule has 1 fully saturated rings. The largest absolute Gasteiger partial charge is 0.341 e. The van der Waals surface area contributed by atoms with Crippen molar-refractivity contribution in [2.75, 3.05) is 19.6 Å². The SMILES string of the molecule is CC(NCCn1ccnc1)C(=O)N1CCCC1. The monoisotopic (exact) mass is 236 g/mol. The molecule has 0 saturated carbocycles. The van der Waals surface area contributed by atoms with Crippen LogP contribution in [-0.4, -0.2) is 46.0 Å². The van der Waals surface area contributed by atoms with Gasteiger partial charge in [0.2, 0.25) is 5.91 Å². The fraction of sp³-hybridized carbons (Fsp3) is 0.667. The first-order valence-electron chi connectivity index (χ1n) is 6.25. The second kappa shape index (κ2) is 5.82. The summed E-state index contributed by atoms with van der Waals surface area (Å²) in [4.78, 5) is 17.9. The third-order valence-electron chi connectivity index (χ3n) is 3.17. The van der Waals surface area contributed by atoms with Gasteiger partial charge in [-0.05, 0) is 19.8 Å². The van der Waals surface area contributed by atoms with Crippen LogP contribution in [0.5, 0.6) is 0 Å². The third kappa shape index (κ3) is 3.30. The minimum absolute atomic E-state index is 0.0865. The maximum absolute atomic E-state index is 12.0. The molecule has 0 aromatic carbocycles. The van der Waals surface area contributed by atoms with Crippen molar-refractivity contribution in [3.8, 4) is 0 Å². The Hall–Kier alpha value is -1.36. The molecule has 2 rings (SSSR count). The van der Waals surface area contributed by atoms with Gasteiger partial charge in [-0.2, -0.15) is 0 Å². The molecular weight excluding hydrogens is 216 g/mol. The molecule has 0 aliphatic carbocycles. The van der Waals surface area contributed by atoms with Crippen molar-refractivity contribution >= 4 is 5.91 Å². The molecular formula is C12H20N4O. The molecule has 94 valence electrons. The minimum atomic E-state index is -0.0865. The number of hydrogen-bond acceptors (Lipinski definition) is 3. The van der Waals surface area contributed by atoms with Gasteiger partial charge in [0.25, 0.3) is 0 Å². The average molecular weight is 236 g/mol. The summed E-state index contributed by atoms with van der Waals surface area (Å²) in [6.45, 7) is 5.42. The number of aromatic nitrogens is 2. The van der Waals surface area contributed by atoms with E-state index >= 15 is 0 Å². The molecule has 1 amide bonds. The molecule has 1 saturated heterocycles. The summed E-state index contributed by atoms with van der Waals surface area (Å²) in [6, 6.07) is -0.0865. The molecule has 0 bridgehead atoms. The Labute approximate surface area is 102 Å². The van der Waals surface area contributed by atoms with Crippen LogP contribution in [0.4, 0.5) is 0 Å². The highest BCUT2D eigenvalue weighted by Crippen LogP contribution is 2.08. The molecule has 1 N–H and O–H groups in total. The Morgan fingerprint density at radius 2 is 2.24 bits per heavy atom. The van der Waals surface area contributed by atoms with Gasteiger partial charge in [0.1, 0.15) is 0 Å². The zero-order valence-electron chi connectivity index (χ0n) is 10.3. The molecule has 1 atom stereocenters. The first kappa shape index (κ1) is 12.1. The normalized spacial score (nSPS) is 17.4. The van der Waals surface area contributed by atoms with Crippen LogP contribution >= 0.6 is 0 Å². The summed E-state index contributed by atoms with van der Waals surface area (Å²) in [6.07, 6.45) is 7.77. The molecule has 5 heteroatoms. The molecule has 1 aromatic rings. The van der Waals surface area contributed by atoms with E-state index in [2.05, 4.69) is 10.3 Å². The van der Waals surface area contributed by atoms with E-state index in [0.29, 0.717) is 0 Å². The number of carbonyl (C=O) groups excluding carboxylic acids is 1. The van der Waals surface area contributed by atoms with Gasteiger partial charge in [0, 0.05) is 38.6 Å². The number of nitrogens with one attached hydrogen (secondary N) is 1. The first-order chi connectivity index (χ1) is 8.27. The lowest BCUT2D eigenvalue weighted by Gasteiger charge is -2.21. The van der Waals surface area contributed by atoms with Crippen molar-refractivity contribution in [1.82, 2.24) is 19.8 Å². The maximum Gasteiger partial charge on any atom is 0.239 e. The molecule has 0 radical (unpaired) electrons. The predicted octanol–water partition coefficient (Wildman–Crippen LogP) is 0.484. The summed E-state index contributed by atoms with van der Waals surface area (Å²) >= 11 is 0. The maximum atomic E-state index is 12.0. The molecule has 5 nitrogen and oxygen atoms in total. The number of rotatable bonds is 5. The topological polar surface area (TPSA) is 50.2 Å². The van der Waals surface area contributed by atoms with Gasteiger partial charge in [-0.3, -0.25) is 4.79 Å². The Morgan fingerprint density at radius 3 is 2.88 bits per heavy atom. The van der Waals surface area contributed by atoms with E-state index < -0.39 is 0 Å². The number of carbonyl (C=O) groups is 1. The standard InChI is InChI=1S/C12H20N4O/c1-11(12(17)16-6-2-3-7-16)14-5-9-15-8-4-13-10-15/h4,8,10-11,14H,2-3,5-7,9H2,1H3. The average Bonchev–Trinajstić information content (AvgIpc) is 3.00. The zero-order chi connectivity index (χ0) is 12.1. The van der Waals surface area contributed by atoms with Crippen LogP contribution in [0.1, 0.15) is 19.8 Å². The Kier molecular flexibility index (Phi) is 4.14. The van der Waals surface area contributed by atoms with Crippen LogP contribution < -0.4 is 5.32 Å². The number of imidazole rings is 1. The van der Waals surface area contributed by atoms with E-state index in [1.54, 1.807) is 12.5 Å². The Morgan fingerprint density at radius 1 is 1.47 bits per heavy atom. The van der Waals surface area contributed by atoms with Gasteiger partial charge < -0.3 is 14.8 Å². The van der Waals surface area contributed by atoms with E-state index in [0.717, 1.165) is 39.0 Å². The second-order valence-electron chi connectivity index (χ2n) is 4.51. The van der Waals surface area contributed by atoms with Gasteiger partial charge in [-0.1, -0.05) is 0 Å². The van der Waals surface area contributed by atoms with Crippen molar-refractivity contribution in [1.29, 1.82) is 0 Å². The van der Waals surface area contributed by atoms with Gasteiger partial charge in [-0.15, -0.1) is 0 Å². The fourth-order valence-electron chi connectivity index (χ4n) is 2.13. The Balaban J connectivity index is 1.69. The summed E-state index contributed by atoms with van der Waals surface area (Å²) < 4.78 is 2.00. The van der Waals surface area contributed by atoms with Gasteiger partial charge in [0.15, 0.2) is 0 Å². The van der Waals surface area contributed by atoms with Crippen LogP contribution in [0, 0.1) is 0 Å². The van der Waals surface area contributed by atoms with Crippen LogP contribution in [0.15, 0.2) is 18.7 Å². The van der Waals surface area contributed by atoms with Gasteiger partial charge >= 0.3 is 0 Å². The predicted molar refractivity (Wildman–Crippen MR) is 65.5 cm³/mol. The summed E-state index contributed by atoms with van der Waals surface area (Å²) in [5.41, 5.74) is 0. The van der Waals surface area contributed by atoms with E-state index in [1.807, 2.05) is 22.6 Å². The minimum Gasteiger partial charge on any atom is -0.341 e. The highest BCUT2D eigenvalue weighted by molar-refractivity contribution is 5.81. The van der Waals surface area contributed by atoms with Crippen molar-refractivity contribution < 1.29 is 4.79 Å². The number of amides is 1. The fourth-order valence-corrected chi connectivity index (χ4v) is 2.13. The van der Waals surface area contributed by atoms with E-state index in [4.69, 9.17) is 0 Å². The van der Waals surface area contributed by atoms with E-state index in [-0.39, 0.29) is 11.9 Å². The highest BCUT2D eigenvalue weighted by Gasteiger charge is 2.22. The third-order valence-corrected chi connectivity index (χ3v) is 3.17. The number of nitrogens with zero attached hydrogens (tertiary/aromatic N) is 3. The molecule has 1 aliphatic heterocycles. The van der Waals surface area contributed by atoms with E-state index in [1.165, 1.54) is 0 Å². The van der Waals surface area contributed by atoms with Gasteiger partial charge in [0.05, 0.1) is 12.4 Å². The molecule has 0 spiro atoms. The van der Waals surface area contributed by atoms with Crippen molar-refractivity contribution in [3.63, 3.8) is 0 Å². The van der Waals surface area contributed by atoms with Gasteiger partial charge in [-0.25, -0.2) is 4.98 Å². The zero-order valence-corrected chi connectivity index (χ0v) is 10.3. The molecule has 1 aromatic heterocycles. The van der Waals surface area contributed by atoms with Crippen LogP contribution in [0.2, 0.25) is 0 Å². The lowest BCUT2D eigenvalue weighted by molar-refractivity contribution is -0.131. The molecule has 1 unspecified atom stereocenters. The van der Waals surface area contributed by atoms with Crippen LogP contribution in [0.25, 0.3) is 0 Å².